The zero-order chi connectivity index (χ0) is 16.2. The van der Waals surface area contributed by atoms with Crippen molar-refractivity contribution in [3.05, 3.63) is 17.8 Å². The van der Waals surface area contributed by atoms with Gasteiger partial charge in [-0.15, -0.1) is 0 Å². The van der Waals surface area contributed by atoms with Gasteiger partial charge in [-0.25, -0.2) is 4.98 Å². The van der Waals surface area contributed by atoms with E-state index in [1.54, 1.807) is 6.92 Å². The molecule has 126 valence electrons. The van der Waals surface area contributed by atoms with Gasteiger partial charge in [-0.2, -0.15) is 0 Å². The molecular formula is C17H26N4O2. The standard InChI is InChI=1S/C17H26N4O2/c1-13-11-16(12-17(18-13)21-7-9-23-10-8-21)19-15-3-5-20(6-4-15)14(2)22/h11-12,15H,3-10H2,1-2H3,(H,18,19). The monoisotopic (exact) mass is 318 g/mol. The lowest BCUT2D eigenvalue weighted by Crippen LogP contribution is -2.41. The van der Waals surface area contributed by atoms with Crippen molar-refractivity contribution in [1.82, 2.24) is 9.88 Å². The first kappa shape index (κ1) is 16.1. The zero-order valence-corrected chi connectivity index (χ0v) is 14.0. The predicted molar refractivity (Wildman–Crippen MR) is 90.9 cm³/mol. The Morgan fingerprint density at radius 3 is 2.57 bits per heavy atom. The molecule has 1 aromatic heterocycles. The highest BCUT2D eigenvalue weighted by molar-refractivity contribution is 5.73. The number of hydrogen-bond donors (Lipinski definition) is 1. The van der Waals surface area contributed by atoms with Gasteiger partial charge in [0.1, 0.15) is 5.82 Å². The van der Waals surface area contributed by atoms with E-state index in [0.29, 0.717) is 6.04 Å². The van der Waals surface area contributed by atoms with Gasteiger partial charge in [0.2, 0.25) is 5.91 Å². The number of carbonyl (C=O) groups excluding carboxylic acids is 1. The summed E-state index contributed by atoms with van der Waals surface area (Å²) in [7, 11) is 0. The summed E-state index contributed by atoms with van der Waals surface area (Å²) in [4.78, 5) is 20.3. The topological polar surface area (TPSA) is 57.7 Å². The molecule has 0 unspecified atom stereocenters. The van der Waals surface area contributed by atoms with E-state index in [9.17, 15) is 4.79 Å². The number of hydrogen-bond acceptors (Lipinski definition) is 5. The van der Waals surface area contributed by atoms with Crippen molar-refractivity contribution in [1.29, 1.82) is 0 Å². The van der Waals surface area contributed by atoms with Gasteiger partial charge < -0.3 is 19.9 Å². The molecule has 1 N–H and O–H groups in total. The van der Waals surface area contributed by atoms with Crippen molar-refractivity contribution in [3.8, 4) is 0 Å². The Labute approximate surface area is 137 Å². The van der Waals surface area contributed by atoms with Crippen LogP contribution in [0.25, 0.3) is 0 Å². The number of nitrogens with zero attached hydrogens (tertiary/aromatic N) is 3. The molecule has 2 aliphatic rings. The molecule has 6 nitrogen and oxygen atoms in total. The lowest BCUT2D eigenvalue weighted by Gasteiger charge is -2.33. The largest absolute Gasteiger partial charge is 0.382 e. The molecule has 0 radical (unpaired) electrons. The van der Waals surface area contributed by atoms with Crippen LogP contribution in [0.2, 0.25) is 0 Å². The van der Waals surface area contributed by atoms with E-state index in [2.05, 4.69) is 27.3 Å². The lowest BCUT2D eigenvalue weighted by molar-refractivity contribution is -0.129. The second-order valence-electron chi connectivity index (χ2n) is 6.38. The summed E-state index contributed by atoms with van der Waals surface area (Å²) in [5.74, 6) is 1.20. The smallest absolute Gasteiger partial charge is 0.219 e. The third-order valence-corrected chi connectivity index (χ3v) is 4.59. The van der Waals surface area contributed by atoms with E-state index in [-0.39, 0.29) is 5.91 Å². The van der Waals surface area contributed by atoms with Crippen LogP contribution in [0.5, 0.6) is 0 Å². The summed E-state index contributed by atoms with van der Waals surface area (Å²) < 4.78 is 5.42. The number of ether oxygens (including phenoxy) is 1. The van der Waals surface area contributed by atoms with Crippen LogP contribution in [0.3, 0.4) is 0 Å². The Kier molecular flexibility index (Phi) is 5.00. The Morgan fingerprint density at radius 1 is 1.22 bits per heavy atom. The van der Waals surface area contributed by atoms with Gasteiger partial charge in [0, 0.05) is 56.6 Å². The molecule has 1 aromatic rings. The molecule has 0 saturated carbocycles. The zero-order valence-electron chi connectivity index (χ0n) is 14.0. The molecular weight excluding hydrogens is 292 g/mol. The van der Waals surface area contributed by atoms with Crippen LogP contribution in [0.4, 0.5) is 11.5 Å². The third kappa shape index (κ3) is 4.13. The van der Waals surface area contributed by atoms with Crippen molar-refractivity contribution in [2.24, 2.45) is 0 Å². The van der Waals surface area contributed by atoms with Crippen molar-refractivity contribution in [3.63, 3.8) is 0 Å². The Balaban J connectivity index is 1.64. The van der Waals surface area contributed by atoms with Gasteiger partial charge in [-0.1, -0.05) is 0 Å². The number of aromatic nitrogens is 1. The van der Waals surface area contributed by atoms with Crippen LogP contribution in [-0.2, 0) is 9.53 Å². The second-order valence-corrected chi connectivity index (χ2v) is 6.38. The van der Waals surface area contributed by atoms with Crippen molar-refractivity contribution in [2.75, 3.05) is 49.6 Å². The number of amides is 1. The fraction of sp³-hybridized carbons (Fsp3) is 0.647. The molecule has 0 aliphatic carbocycles. The average Bonchev–Trinajstić information content (AvgIpc) is 2.55. The number of pyridine rings is 1. The van der Waals surface area contributed by atoms with E-state index >= 15 is 0 Å². The van der Waals surface area contributed by atoms with E-state index in [4.69, 9.17) is 4.74 Å². The minimum Gasteiger partial charge on any atom is -0.382 e. The Bertz CT molecular complexity index is 550. The van der Waals surface area contributed by atoms with E-state index in [1.807, 2.05) is 11.8 Å². The maximum Gasteiger partial charge on any atom is 0.219 e. The normalized spacial score (nSPS) is 19.7. The summed E-state index contributed by atoms with van der Waals surface area (Å²) in [5.41, 5.74) is 2.15. The summed E-state index contributed by atoms with van der Waals surface area (Å²) >= 11 is 0. The maximum atomic E-state index is 11.4. The molecule has 3 heterocycles. The molecule has 2 saturated heterocycles. The molecule has 6 heteroatoms. The Hall–Kier alpha value is -1.82. The molecule has 0 bridgehead atoms. The van der Waals surface area contributed by atoms with E-state index < -0.39 is 0 Å². The van der Waals surface area contributed by atoms with Crippen LogP contribution >= 0.6 is 0 Å². The van der Waals surface area contributed by atoms with E-state index in [1.165, 1.54) is 0 Å². The minimum absolute atomic E-state index is 0.179. The first-order valence-electron chi connectivity index (χ1n) is 8.45. The third-order valence-electron chi connectivity index (χ3n) is 4.59. The van der Waals surface area contributed by atoms with Gasteiger partial charge in [0.25, 0.3) is 0 Å². The van der Waals surface area contributed by atoms with Crippen LogP contribution in [0.15, 0.2) is 12.1 Å². The number of piperidine rings is 1. The van der Waals surface area contributed by atoms with Crippen LogP contribution in [-0.4, -0.2) is 61.2 Å². The highest BCUT2D eigenvalue weighted by atomic mass is 16.5. The van der Waals surface area contributed by atoms with Crippen LogP contribution in [0.1, 0.15) is 25.5 Å². The number of nitrogens with one attached hydrogen (secondary N) is 1. The first-order chi connectivity index (χ1) is 11.1. The summed E-state index contributed by atoms with van der Waals surface area (Å²) in [6.45, 7) is 8.69. The predicted octanol–water partition coefficient (Wildman–Crippen LogP) is 1.65. The van der Waals surface area contributed by atoms with Gasteiger partial charge in [-0.3, -0.25) is 4.79 Å². The molecule has 23 heavy (non-hydrogen) atoms. The molecule has 1 amide bonds. The van der Waals surface area contributed by atoms with Gasteiger partial charge in [0.05, 0.1) is 13.2 Å². The molecule has 2 fully saturated rings. The van der Waals surface area contributed by atoms with Gasteiger partial charge in [0.15, 0.2) is 0 Å². The quantitative estimate of drug-likeness (QED) is 0.918. The Morgan fingerprint density at radius 2 is 1.91 bits per heavy atom. The minimum atomic E-state index is 0.179. The summed E-state index contributed by atoms with van der Waals surface area (Å²) in [5, 5.41) is 3.62. The van der Waals surface area contributed by atoms with Crippen LogP contribution in [0, 0.1) is 6.92 Å². The number of likely N-dealkylation sites (tertiary alicyclic amines) is 1. The van der Waals surface area contributed by atoms with Crippen molar-refractivity contribution >= 4 is 17.4 Å². The van der Waals surface area contributed by atoms with Crippen LogP contribution < -0.4 is 10.2 Å². The average molecular weight is 318 g/mol. The van der Waals surface area contributed by atoms with Gasteiger partial charge in [-0.05, 0) is 25.8 Å². The number of rotatable bonds is 3. The summed E-state index contributed by atoms with van der Waals surface area (Å²) in [6.07, 6.45) is 1.99. The van der Waals surface area contributed by atoms with E-state index in [0.717, 1.165) is 69.4 Å². The first-order valence-corrected chi connectivity index (χ1v) is 8.45. The number of morpholine rings is 1. The molecule has 3 rings (SSSR count). The summed E-state index contributed by atoms with van der Waals surface area (Å²) in [6, 6.07) is 4.65. The fourth-order valence-corrected chi connectivity index (χ4v) is 3.26. The maximum absolute atomic E-state index is 11.4. The second kappa shape index (κ2) is 7.17. The highest BCUT2D eigenvalue weighted by Gasteiger charge is 2.21. The molecule has 0 atom stereocenters. The highest BCUT2D eigenvalue weighted by Crippen LogP contribution is 2.22. The molecule has 0 spiro atoms. The fourth-order valence-electron chi connectivity index (χ4n) is 3.26. The SMILES string of the molecule is CC(=O)N1CCC(Nc2cc(C)nc(N3CCOCC3)c2)CC1. The van der Waals surface area contributed by atoms with Crippen molar-refractivity contribution in [2.45, 2.75) is 32.7 Å². The lowest BCUT2D eigenvalue weighted by atomic mass is 10.0. The molecule has 0 aromatic carbocycles. The number of aryl methyl sites for hydroxylation is 1. The number of anilines is 2. The molecule has 2 aliphatic heterocycles. The number of carbonyl (C=O) groups is 1. The van der Waals surface area contributed by atoms with Crippen molar-refractivity contribution < 1.29 is 9.53 Å². The van der Waals surface area contributed by atoms with Gasteiger partial charge >= 0.3 is 0 Å².